The van der Waals surface area contributed by atoms with Crippen molar-refractivity contribution in [3.8, 4) is 11.5 Å². The molecular weight excluding hydrogens is 330 g/mol. The number of nitrogens with one attached hydrogen (secondary N) is 1. The monoisotopic (exact) mass is 353 g/mol. The summed E-state index contributed by atoms with van der Waals surface area (Å²) >= 11 is 0. The fraction of sp³-hybridized carbons (Fsp3) is 0.400. The summed E-state index contributed by atoms with van der Waals surface area (Å²) < 4.78 is 11.2. The molecule has 136 valence electrons. The second kappa shape index (κ2) is 7.74. The van der Waals surface area contributed by atoms with Crippen LogP contribution < -0.4 is 14.8 Å². The average Bonchev–Trinajstić information content (AvgIpc) is 2.68. The van der Waals surface area contributed by atoms with Gasteiger partial charge in [-0.15, -0.1) is 0 Å². The third-order valence-corrected chi connectivity index (χ3v) is 4.78. The minimum Gasteiger partial charge on any atom is -0.486 e. The Balaban J connectivity index is 1.40. The van der Waals surface area contributed by atoms with Crippen LogP contribution in [0.2, 0.25) is 0 Å². The molecule has 2 aliphatic heterocycles. The lowest BCUT2D eigenvalue weighted by atomic mass is 10.0. The molecule has 1 fully saturated rings. The van der Waals surface area contributed by atoms with Crippen LogP contribution >= 0.6 is 0 Å². The van der Waals surface area contributed by atoms with Crippen molar-refractivity contribution in [3.63, 3.8) is 0 Å². The number of rotatable bonds is 4. The molecule has 26 heavy (non-hydrogen) atoms. The van der Waals surface area contributed by atoms with Crippen molar-refractivity contribution < 1.29 is 14.3 Å². The quantitative estimate of drug-likeness (QED) is 0.913. The summed E-state index contributed by atoms with van der Waals surface area (Å²) in [5.41, 5.74) is 1.74. The topological polar surface area (TPSA) is 63.7 Å². The van der Waals surface area contributed by atoms with Crippen LogP contribution in [0, 0.1) is 0 Å². The van der Waals surface area contributed by atoms with E-state index in [1.54, 1.807) is 12.3 Å². The predicted octanol–water partition coefficient (Wildman–Crippen LogP) is 2.25. The summed E-state index contributed by atoms with van der Waals surface area (Å²) in [6, 6.07) is 9.63. The van der Waals surface area contributed by atoms with E-state index in [0.717, 1.165) is 32.5 Å². The van der Waals surface area contributed by atoms with Gasteiger partial charge in [0.15, 0.2) is 11.5 Å². The molecule has 1 aromatic heterocycles. The van der Waals surface area contributed by atoms with Crippen LogP contribution in [0.1, 0.15) is 28.8 Å². The number of piperidine rings is 1. The molecule has 1 amide bonds. The van der Waals surface area contributed by atoms with E-state index in [4.69, 9.17) is 9.47 Å². The molecule has 1 saturated heterocycles. The van der Waals surface area contributed by atoms with Gasteiger partial charge in [-0.1, -0.05) is 12.1 Å². The van der Waals surface area contributed by atoms with Crippen LogP contribution in [0.15, 0.2) is 42.7 Å². The van der Waals surface area contributed by atoms with E-state index in [1.165, 1.54) is 5.56 Å². The zero-order chi connectivity index (χ0) is 17.8. The molecule has 6 heteroatoms. The number of carbonyl (C=O) groups is 1. The Hall–Kier alpha value is -2.60. The van der Waals surface area contributed by atoms with Gasteiger partial charge in [0.25, 0.3) is 5.91 Å². The highest BCUT2D eigenvalue weighted by molar-refractivity contribution is 5.98. The Morgan fingerprint density at radius 2 is 2.15 bits per heavy atom. The highest BCUT2D eigenvalue weighted by Gasteiger charge is 2.25. The average molecular weight is 353 g/mol. The highest BCUT2D eigenvalue weighted by atomic mass is 16.6. The molecule has 0 spiro atoms. The van der Waals surface area contributed by atoms with Gasteiger partial charge in [0.05, 0.1) is 5.56 Å². The molecule has 2 aliphatic rings. The number of benzene rings is 1. The number of para-hydroxylation sites is 1. The Kier molecular flexibility index (Phi) is 5.02. The number of likely N-dealkylation sites (tertiary alicyclic amines) is 1. The summed E-state index contributed by atoms with van der Waals surface area (Å²) in [7, 11) is 0. The summed E-state index contributed by atoms with van der Waals surface area (Å²) in [6.45, 7) is 3.73. The van der Waals surface area contributed by atoms with Crippen molar-refractivity contribution >= 4 is 5.91 Å². The van der Waals surface area contributed by atoms with Crippen LogP contribution in [0.25, 0.3) is 0 Å². The number of pyridine rings is 1. The van der Waals surface area contributed by atoms with E-state index in [2.05, 4.69) is 21.3 Å². The number of carbonyl (C=O) groups excluding carboxylic acids is 1. The van der Waals surface area contributed by atoms with Gasteiger partial charge in [-0.25, -0.2) is 0 Å². The largest absolute Gasteiger partial charge is 0.486 e. The van der Waals surface area contributed by atoms with Gasteiger partial charge >= 0.3 is 0 Å². The van der Waals surface area contributed by atoms with Gasteiger partial charge in [0, 0.05) is 31.5 Å². The molecule has 0 radical (unpaired) electrons. The first-order valence-corrected chi connectivity index (χ1v) is 9.10. The van der Waals surface area contributed by atoms with Crippen LogP contribution in [0.5, 0.6) is 11.5 Å². The smallest absolute Gasteiger partial charge is 0.255 e. The lowest BCUT2D eigenvalue weighted by molar-refractivity contribution is 0.0890. The summed E-state index contributed by atoms with van der Waals surface area (Å²) in [4.78, 5) is 19.3. The van der Waals surface area contributed by atoms with Gasteiger partial charge < -0.3 is 14.8 Å². The SMILES string of the molecule is O=C(NC1CCCN(Cc2cccnc2)C1)c1cccc2c1OCCO2. The Morgan fingerprint density at radius 1 is 1.23 bits per heavy atom. The molecule has 3 heterocycles. The van der Waals surface area contributed by atoms with Crippen LogP contribution in [0.4, 0.5) is 0 Å². The second-order valence-corrected chi connectivity index (χ2v) is 6.74. The van der Waals surface area contributed by atoms with Crippen molar-refractivity contribution in [2.45, 2.75) is 25.4 Å². The van der Waals surface area contributed by atoms with E-state index < -0.39 is 0 Å². The van der Waals surface area contributed by atoms with Crippen LogP contribution in [0.3, 0.4) is 0 Å². The second-order valence-electron chi connectivity index (χ2n) is 6.74. The number of hydrogen-bond acceptors (Lipinski definition) is 5. The van der Waals surface area contributed by atoms with E-state index in [9.17, 15) is 4.79 Å². The molecule has 1 aromatic carbocycles. The Labute approximate surface area is 153 Å². The molecule has 0 aliphatic carbocycles. The number of nitrogens with zero attached hydrogens (tertiary/aromatic N) is 2. The predicted molar refractivity (Wildman–Crippen MR) is 97.4 cm³/mol. The van der Waals surface area contributed by atoms with E-state index in [0.29, 0.717) is 30.3 Å². The molecule has 0 bridgehead atoms. The van der Waals surface area contributed by atoms with Gasteiger partial charge in [-0.05, 0) is 43.1 Å². The van der Waals surface area contributed by atoms with Crippen LogP contribution in [-0.4, -0.2) is 48.1 Å². The van der Waals surface area contributed by atoms with Gasteiger partial charge in [-0.3, -0.25) is 14.7 Å². The number of ether oxygens (including phenoxy) is 2. The maximum atomic E-state index is 12.8. The minimum atomic E-state index is -0.0967. The van der Waals surface area contributed by atoms with E-state index in [1.807, 2.05) is 24.4 Å². The van der Waals surface area contributed by atoms with Gasteiger partial charge in [0.2, 0.25) is 0 Å². The molecular formula is C20H23N3O3. The van der Waals surface area contributed by atoms with Crippen molar-refractivity contribution in [2.75, 3.05) is 26.3 Å². The maximum Gasteiger partial charge on any atom is 0.255 e. The number of hydrogen-bond donors (Lipinski definition) is 1. The van der Waals surface area contributed by atoms with Gasteiger partial charge in [-0.2, -0.15) is 0 Å². The lowest BCUT2D eigenvalue weighted by Crippen LogP contribution is -2.47. The zero-order valence-electron chi connectivity index (χ0n) is 14.7. The first-order valence-electron chi connectivity index (χ1n) is 9.10. The fourth-order valence-corrected chi connectivity index (χ4v) is 3.58. The molecule has 1 N–H and O–H groups in total. The Bertz CT molecular complexity index is 766. The van der Waals surface area contributed by atoms with Crippen molar-refractivity contribution in [3.05, 3.63) is 53.9 Å². The summed E-state index contributed by atoms with van der Waals surface area (Å²) in [6.07, 6.45) is 5.74. The fourth-order valence-electron chi connectivity index (χ4n) is 3.58. The molecule has 1 atom stereocenters. The number of fused-ring (bicyclic) bond motifs is 1. The summed E-state index contributed by atoms with van der Waals surface area (Å²) in [5, 5.41) is 3.17. The first-order chi connectivity index (χ1) is 12.8. The number of aromatic nitrogens is 1. The lowest BCUT2D eigenvalue weighted by Gasteiger charge is -2.33. The molecule has 2 aromatic rings. The highest BCUT2D eigenvalue weighted by Crippen LogP contribution is 2.33. The van der Waals surface area contributed by atoms with E-state index >= 15 is 0 Å². The van der Waals surface area contributed by atoms with Crippen LogP contribution in [-0.2, 0) is 6.54 Å². The molecule has 1 unspecified atom stereocenters. The molecule has 4 rings (SSSR count). The summed E-state index contributed by atoms with van der Waals surface area (Å²) in [5.74, 6) is 1.10. The van der Waals surface area contributed by atoms with Crippen molar-refractivity contribution in [2.24, 2.45) is 0 Å². The third kappa shape index (κ3) is 3.80. The zero-order valence-corrected chi connectivity index (χ0v) is 14.7. The third-order valence-electron chi connectivity index (χ3n) is 4.78. The van der Waals surface area contributed by atoms with E-state index in [-0.39, 0.29) is 11.9 Å². The normalized spacial score (nSPS) is 19.8. The molecule has 0 saturated carbocycles. The number of amides is 1. The van der Waals surface area contributed by atoms with Gasteiger partial charge in [0.1, 0.15) is 13.2 Å². The standard InChI is InChI=1S/C20H23N3O3/c24-20(17-6-1-7-18-19(17)26-11-10-25-18)22-16-5-3-9-23(14-16)13-15-4-2-8-21-12-15/h1-2,4,6-8,12,16H,3,5,9-11,13-14H2,(H,22,24). The Morgan fingerprint density at radius 3 is 3.04 bits per heavy atom. The first kappa shape index (κ1) is 16.8. The maximum absolute atomic E-state index is 12.8. The minimum absolute atomic E-state index is 0.0967. The molecule has 6 nitrogen and oxygen atoms in total. The van der Waals surface area contributed by atoms with Crippen molar-refractivity contribution in [1.82, 2.24) is 15.2 Å². The van der Waals surface area contributed by atoms with Crippen molar-refractivity contribution in [1.29, 1.82) is 0 Å².